The van der Waals surface area contributed by atoms with Crippen molar-refractivity contribution in [3.05, 3.63) is 29.8 Å². The Hall–Kier alpha value is -1.03. The molecular weight excluding hydrogens is 432 g/mol. The van der Waals surface area contributed by atoms with Gasteiger partial charge < -0.3 is 20.1 Å². The van der Waals surface area contributed by atoms with E-state index in [1.54, 1.807) is 12.1 Å². The summed E-state index contributed by atoms with van der Waals surface area (Å²) in [6, 6.07) is 6.67. The van der Waals surface area contributed by atoms with Crippen LogP contribution in [0, 0.1) is 0 Å². The highest BCUT2D eigenvalue weighted by Crippen LogP contribution is 2.16. The number of benzene rings is 1. The van der Waals surface area contributed by atoms with Gasteiger partial charge in [0.25, 0.3) is 10.1 Å². The highest BCUT2D eigenvalue weighted by atomic mass is 32.2. The van der Waals surface area contributed by atoms with Crippen LogP contribution < -0.4 is 0 Å². The SMILES string of the molecule is CCCCCCCCCCCCc1ccc(S(=O)(=O)OCC(O)COCC(O)CO)cc1. The fourth-order valence-electron chi connectivity index (χ4n) is 3.32. The van der Waals surface area contributed by atoms with Crippen LogP contribution in [0.3, 0.4) is 0 Å². The minimum atomic E-state index is -3.97. The number of hydrogen-bond acceptors (Lipinski definition) is 7. The van der Waals surface area contributed by atoms with E-state index in [1.807, 2.05) is 0 Å². The number of ether oxygens (including phenoxy) is 1. The third-order valence-electron chi connectivity index (χ3n) is 5.28. The monoisotopic (exact) mass is 474 g/mol. The quantitative estimate of drug-likeness (QED) is 0.195. The second-order valence-corrected chi connectivity index (χ2v) is 9.96. The van der Waals surface area contributed by atoms with Gasteiger partial charge in [-0.2, -0.15) is 8.42 Å². The van der Waals surface area contributed by atoms with E-state index in [1.165, 1.54) is 69.9 Å². The van der Waals surface area contributed by atoms with E-state index in [0.29, 0.717) is 0 Å². The summed E-state index contributed by atoms with van der Waals surface area (Å²) in [6.07, 6.45) is 11.6. The average Bonchev–Trinajstić information content (AvgIpc) is 2.79. The van der Waals surface area contributed by atoms with E-state index in [2.05, 4.69) is 6.92 Å². The van der Waals surface area contributed by atoms with Crippen molar-refractivity contribution in [2.45, 2.75) is 94.7 Å². The standard InChI is InChI=1S/C24H42O7S/c1-2-3-4-5-6-7-8-9-10-11-12-21-13-15-24(16-14-21)32(28,29)31-20-23(27)19-30-18-22(26)17-25/h13-16,22-23,25-27H,2-12,17-20H2,1H3. The Morgan fingerprint density at radius 1 is 0.781 bits per heavy atom. The number of rotatable bonds is 20. The van der Waals surface area contributed by atoms with Gasteiger partial charge in [-0.1, -0.05) is 76.8 Å². The summed E-state index contributed by atoms with van der Waals surface area (Å²) in [5, 5.41) is 27.6. The van der Waals surface area contributed by atoms with Crippen molar-refractivity contribution < 1.29 is 32.7 Å². The highest BCUT2D eigenvalue weighted by Gasteiger charge is 2.18. The van der Waals surface area contributed by atoms with E-state index in [4.69, 9.17) is 19.1 Å². The lowest BCUT2D eigenvalue weighted by atomic mass is 10.0. The van der Waals surface area contributed by atoms with Crippen molar-refractivity contribution in [2.75, 3.05) is 26.4 Å². The smallest absolute Gasteiger partial charge is 0.297 e. The first-order chi connectivity index (χ1) is 15.4. The molecule has 1 rings (SSSR count). The maximum absolute atomic E-state index is 12.3. The number of hydrogen-bond donors (Lipinski definition) is 3. The minimum Gasteiger partial charge on any atom is -0.394 e. The van der Waals surface area contributed by atoms with Crippen LogP contribution in [0.1, 0.15) is 76.7 Å². The third-order valence-corrected chi connectivity index (χ3v) is 6.57. The topological polar surface area (TPSA) is 113 Å². The summed E-state index contributed by atoms with van der Waals surface area (Å²) in [7, 11) is -3.97. The Morgan fingerprint density at radius 3 is 1.88 bits per heavy atom. The van der Waals surface area contributed by atoms with Crippen LogP contribution in [0.25, 0.3) is 0 Å². The van der Waals surface area contributed by atoms with Gasteiger partial charge in [0, 0.05) is 0 Å². The molecule has 0 aliphatic heterocycles. The van der Waals surface area contributed by atoms with Crippen molar-refractivity contribution in [1.29, 1.82) is 0 Å². The van der Waals surface area contributed by atoms with Crippen LogP contribution in [0.5, 0.6) is 0 Å². The van der Waals surface area contributed by atoms with E-state index in [-0.39, 0.29) is 18.1 Å². The molecule has 0 heterocycles. The van der Waals surface area contributed by atoms with E-state index in [9.17, 15) is 13.5 Å². The Labute approximate surface area is 193 Å². The second-order valence-electron chi connectivity index (χ2n) is 8.34. The molecule has 0 saturated carbocycles. The third kappa shape index (κ3) is 13.5. The summed E-state index contributed by atoms with van der Waals surface area (Å²) in [4.78, 5) is 0.0492. The molecule has 0 bridgehead atoms. The Bertz CT molecular complexity index is 676. The number of unbranched alkanes of at least 4 members (excludes halogenated alkanes) is 9. The zero-order chi connectivity index (χ0) is 23.7. The molecule has 0 radical (unpaired) electrons. The molecule has 0 fully saturated rings. The lowest BCUT2D eigenvalue weighted by Crippen LogP contribution is -2.27. The zero-order valence-electron chi connectivity index (χ0n) is 19.5. The first-order valence-electron chi connectivity index (χ1n) is 11.9. The summed E-state index contributed by atoms with van der Waals surface area (Å²) < 4.78 is 34.4. The van der Waals surface area contributed by atoms with E-state index in [0.717, 1.165) is 18.4 Å². The van der Waals surface area contributed by atoms with Crippen molar-refractivity contribution in [3.8, 4) is 0 Å². The van der Waals surface area contributed by atoms with Gasteiger partial charge in [-0.15, -0.1) is 0 Å². The maximum Gasteiger partial charge on any atom is 0.297 e. The molecule has 0 aliphatic carbocycles. The summed E-state index contributed by atoms with van der Waals surface area (Å²) in [6.45, 7) is 0.986. The fraction of sp³-hybridized carbons (Fsp3) is 0.750. The number of aryl methyl sites for hydroxylation is 1. The number of aliphatic hydroxyl groups excluding tert-OH is 3. The van der Waals surface area contributed by atoms with Crippen LogP contribution in [-0.2, 0) is 25.5 Å². The summed E-state index contributed by atoms with van der Waals surface area (Å²) >= 11 is 0. The Balaban J connectivity index is 2.23. The summed E-state index contributed by atoms with van der Waals surface area (Å²) in [5.41, 5.74) is 1.10. The molecule has 1 aromatic rings. The fourth-order valence-corrected chi connectivity index (χ4v) is 4.26. The molecule has 0 saturated heterocycles. The molecule has 0 aliphatic rings. The predicted octanol–water partition coefficient (Wildman–Crippen LogP) is 3.59. The van der Waals surface area contributed by atoms with Crippen molar-refractivity contribution >= 4 is 10.1 Å². The van der Waals surface area contributed by atoms with Crippen LogP contribution in [0.4, 0.5) is 0 Å². The van der Waals surface area contributed by atoms with Gasteiger partial charge in [-0.25, -0.2) is 0 Å². The zero-order valence-corrected chi connectivity index (χ0v) is 20.3. The lowest BCUT2D eigenvalue weighted by molar-refractivity contribution is -0.0332. The molecule has 7 nitrogen and oxygen atoms in total. The maximum atomic E-state index is 12.3. The molecule has 0 spiro atoms. The van der Waals surface area contributed by atoms with Gasteiger partial charge in [0.15, 0.2) is 0 Å². The van der Waals surface area contributed by atoms with Gasteiger partial charge in [0.1, 0.15) is 12.2 Å². The molecule has 3 N–H and O–H groups in total. The molecule has 0 aromatic heterocycles. The summed E-state index contributed by atoms with van der Waals surface area (Å²) in [5.74, 6) is 0. The van der Waals surface area contributed by atoms with Gasteiger partial charge in [-0.3, -0.25) is 4.18 Å². The average molecular weight is 475 g/mol. The molecule has 2 unspecified atom stereocenters. The molecule has 2 atom stereocenters. The van der Waals surface area contributed by atoms with Crippen LogP contribution in [-0.4, -0.2) is 62.4 Å². The molecule has 32 heavy (non-hydrogen) atoms. The van der Waals surface area contributed by atoms with E-state index < -0.39 is 35.5 Å². The first kappa shape index (κ1) is 29.0. The van der Waals surface area contributed by atoms with Crippen LogP contribution >= 0.6 is 0 Å². The largest absolute Gasteiger partial charge is 0.394 e. The van der Waals surface area contributed by atoms with Crippen molar-refractivity contribution in [1.82, 2.24) is 0 Å². The molecule has 186 valence electrons. The second kappa shape index (κ2) is 17.4. The normalized spacial score (nSPS) is 13.9. The predicted molar refractivity (Wildman–Crippen MR) is 125 cm³/mol. The molecular formula is C24H42O7S. The Kier molecular flexibility index (Phi) is 15.8. The van der Waals surface area contributed by atoms with Gasteiger partial charge in [0.05, 0.1) is 31.3 Å². The van der Waals surface area contributed by atoms with Crippen molar-refractivity contribution in [2.24, 2.45) is 0 Å². The first-order valence-corrected chi connectivity index (χ1v) is 13.3. The van der Waals surface area contributed by atoms with Gasteiger partial charge in [0.2, 0.25) is 0 Å². The molecule has 0 amide bonds. The molecule has 8 heteroatoms. The van der Waals surface area contributed by atoms with Crippen molar-refractivity contribution in [3.63, 3.8) is 0 Å². The van der Waals surface area contributed by atoms with Crippen LogP contribution in [0.15, 0.2) is 29.2 Å². The Morgan fingerprint density at radius 2 is 1.31 bits per heavy atom. The number of aliphatic hydroxyl groups is 3. The van der Waals surface area contributed by atoms with Gasteiger partial charge >= 0.3 is 0 Å². The van der Waals surface area contributed by atoms with Gasteiger partial charge in [-0.05, 0) is 30.5 Å². The minimum absolute atomic E-state index is 0.0492. The molecule has 1 aromatic carbocycles. The lowest BCUT2D eigenvalue weighted by Gasteiger charge is -2.13. The highest BCUT2D eigenvalue weighted by molar-refractivity contribution is 7.86. The van der Waals surface area contributed by atoms with Crippen LogP contribution in [0.2, 0.25) is 0 Å². The van der Waals surface area contributed by atoms with E-state index >= 15 is 0 Å².